The Morgan fingerprint density at radius 2 is 1.77 bits per heavy atom. The van der Waals surface area contributed by atoms with E-state index in [2.05, 4.69) is 15.5 Å². The number of methoxy groups -OCH3 is 2. The second-order valence-corrected chi connectivity index (χ2v) is 7.35. The van der Waals surface area contributed by atoms with Crippen LogP contribution in [0.25, 0.3) is 0 Å². The molecule has 0 spiro atoms. The predicted molar refractivity (Wildman–Crippen MR) is 112 cm³/mol. The van der Waals surface area contributed by atoms with Crippen molar-refractivity contribution in [3.05, 3.63) is 64.7 Å². The molecule has 1 aromatic heterocycles. The predicted octanol–water partition coefficient (Wildman–Crippen LogP) is 2.89. The van der Waals surface area contributed by atoms with Gasteiger partial charge in [0.2, 0.25) is 5.91 Å². The first kappa shape index (κ1) is 22.2. The van der Waals surface area contributed by atoms with Gasteiger partial charge in [-0.3, -0.25) is 4.79 Å². The van der Waals surface area contributed by atoms with Crippen molar-refractivity contribution in [2.75, 3.05) is 21.3 Å². The molecule has 8 nitrogen and oxygen atoms in total. The molecule has 3 rings (SSSR count). The number of aryl methyl sites for hydroxylation is 2. The lowest BCUT2D eigenvalue weighted by Gasteiger charge is -2.25. The summed E-state index contributed by atoms with van der Waals surface area (Å²) >= 11 is 0. The molecule has 0 fully saturated rings. The van der Waals surface area contributed by atoms with Crippen molar-refractivity contribution in [1.82, 2.24) is 25.1 Å². The summed E-state index contributed by atoms with van der Waals surface area (Å²) in [5.41, 5.74) is 2.72. The van der Waals surface area contributed by atoms with Gasteiger partial charge in [0, 0.05) is 20.0 Å². The highest BCUT2D eigenvalue weighted by Crippen LogP contribution is 2.31. The van der Waals surface area contributed by atoms with Crippen molar-refractivity contribution in [2.45, 2.75) is 32.9 Å². The highest BCUT2D eigenvalue weighted by molar-refractivity contribution is 5.80. The quantitative estimate of drug-likeness (QED) is 0.550. The van der Waals surface area contributed by atoms with E-state index in [-0.39, 0.29) is 11.7 Å². The molecule has 9 heteroatoms. The molecular weight excluding hydrogens is 401 g/mol. The van der Waals surface area contributed by atoms with E-state index >= 15 is 0 Å². The SMILES string of the molecule is COc1cc(C)c(CN(C)C(=O)C(Cc2ccc(F)cc2)n2nnnc2C)cc1OC. The fourth-order valence-electron chi connectivity index (χ4n) is 3.43. The van der Waals surface area contributed by atoms with Crippen LogP contribution in [0.15, 0.2) is 36.4 Å². The normalized spacial score (nSPS) is 11.8. The van der Waals surface area contributed by atoms with Gasteiger partial charge in [-0.25, -0.2) is 9.07 Å². The Labute approximate surface area is 180 Å². The smallest absolute Gasteiger partial charge is 0.247 e. The molecule has 3 aromatic rings. The van der Waals surface area contributed by atoms with Crippen LogP contribution in [0.5, 0.6) is 11.5 Å². The summed E-state index contributed by atoms with van der Waals surface area (Å²) in [5, 5.41) is 11.6. The lowest BCUT2D eigenvalue weighted by atomic mass is 10.0. The molecule has 31 heavy (non-hydrogen) atoms. The monoisotopic (exact) mass is 427 g/mol. The third kappa shape index (κ3) is 4.99. The number of hydrogen-bond acceptors (Lipinski definition) is 6. The molecule has 1 amide bonds. The fourth-order valence-corrected chi connectivity index (χ4v) is 3.43. The van der Waals surface area contributed by atoms with Crippen LogP contribution in [-0.2, 0) is 17.8 Å². The van der Waals surface area contributed by atoms with Gasteiger partial charge in [0.1, 0.15) is 17.7 Å². The molecule has 0 aliphatic heterocycles. The zero-order chi connectivity index (χ0) is 22.5. The summed E-state index contributed by atoms with van der Waals surface area (Å²) in [7, 11) is 4.89. The molecule has 1 unspecified atom stereocenters. The van der Waals surface area contributed by atoms with E-state index in [1.54, 1.807) is 45.2 Å². The fraction of sp³-hybridized carbons (Fsp3) is 0.364. The standard InChI is InChI=1S/C22H26FN5O3/c1-14-10-20(30-4)21(31-5)12-17(14)13-27(3)22(29)19(28-15(2)24-25-26-28)11-16-6-8-18(23)9-7-16/h6-10,12,19H,11,13H2,1-5H3. The van der Waals surface area contributed by atoms with Gasteiger partial charge in [-0.2, -0.15) is 0 Å². The second kappa shape index (κ2) is 9.55. The maximum atomic E-state index is 13.4. The third-order valence-corrected chi connectivity index (χ3v) is 5.21. The molecule has 0 saturated heterocycles. The van der Waals surface area contributed by atoms with Gasteiger partial charge < -0.3 is 14.4 Å². The van der Waals surface area contributed by atoms with Crippen molar-refractivity contribution in [1.29, 1.82) is 0 Å². The minimum atomic E-state index is -0.661. The number of tetrazole rings is 1. The molecule has 0 aliphatic carbocycles. The third-order valence-electron chi connectivity index (χ3n) is 5.21. The van der Waals surface area contributed by atoms with E-state index in [1.165, 1.54) is 16.8 Å². The van der Waals surface area contributed by atoms with Crippen LogP contribution < -0.4 is 9.47 Å². The molecular formula is C22H26FN5O3. The van der Waals surface area contributed by atoms with Crippen LogP contribution >= 0.6 is 0 Å². The van der Waals surface area contributed by atoms with Gasteiger partial charge in [-0.05, 0) is 65.2 Å². The number of nitrogens with zero attached hydrogens (tertiary/aromatic N) is 5. The van der Waals surface area contributed by atoms with Gasteiger partial charge in [-0.15, -0.1) is 5.10 Å². The van der Waals surface area contributed by atoms with Crippen molar-refractivity contribution in [2.24, 2.45) is 0 Å². The van der Waals surface area contributed by atoms with Crippen LogP contribution in [0.2, 0.25) is 0 Å². The molecule has 0 aliphatic rings. The number of likely N-dealkylation sites (N-methyl/N-ethyl adjacent to an activating group) is 1. The number of hydrogen-bond donors (Lipinski definition) is 0. The largest absolute Gasteiger partial charge is 0.493 e. The number of carbonyl (C=O) groups is 1. The van der Waals surface area contributed by atoms with Crippen LogP contribution in [0.3, 0.4) is 0 Å². The van der Waals surface area contributed by atoms with Crippen LogP contribution in [0.4, 0.5) is 4.39 Å². The molecule has 0 saturated carbocycles. The number of amides is 1. The number of halogens is 1. The molecule has 164 valence electrons. The highest BCUT2D eigenvalue weighted by Gasteiger charge is 2.27. The number of rotatable bonds is 8. The van der Waals surface area contributed by atoms with Crippen LogP contribution in [0, 0.1) is 19.7 Å². The van der Waals surface area contributed by atoms with Gasteiger partial charge >= 0.3 is 0 Å². The second-order valence-electron chi connectivity index (χ2n) is 7.35. The zero-order valence-corrected chi connectivity index (χ0v) is 18.3. The molecule has 0 N–H and O–H groups in total. The Bertz CT molecular complexity index is 1050. The maximum absolute atomic E-state index is 13.4. The topological polar surface area (TPSA) is 82.4 Å². The minimum Gasteiger partial charge on any atom is -0.493 e. The van der Waals surface area contributed by atoms with Gasteiger partial charge in [-0.1, -0.05) is 12.1 Å². The first-order valence-electron chi connectivity index (χ1n) is 9.79. The van der Waals surface area contributed by atoms with Gasteiger partial charge in [0.05, 0.1) is 14.2 Å². The lowest BCUT2D eigenvalue weighted by molar-refractivity contribution is -0.134. The van der Waals surface area contributed by atoms with E-state index < -0.39 is 6.04 Å². The Morgan fingerprint density at radius 3 is 2.35 bits per heavy atom. The van der Waals surface area contributed by atoms with Crippen molar-refractivity contribution < 1.29 is 18.7 Å². The Kier molecular flexibility index (Phi) is 6.84. The first-order valence-corrected chi connectivity index (χ1v) is 9.79. The Hall–Kier alpha value is -3.49. The Balaban J connectivity index is 1.87. The van der Waals surface area contributed by atoms with Gasteiger partial charge in [0.25, 0.3) is 0 Å². The number of aromatic nitrogens is 4. The summed E-state index contributed by atoms with van der Waals surface area (Å²) in [5.74, 6) is 1.27. The zero-order valence-electron chi connectivity index (χ0n) is 18.3. The van der Waals surface area contributed by atoms with E-state index in [0.29, 0.717) is 30.3 Å². The van der Waals surface area contributed by atoms with Crippen molar-refractivity contribution in [3.8, 4) is 11.5 Å². The van der Waals surface area contributed by atoms with Crippen molar-refractivity contribution >= 4 is 5.91 Å². The summed E-state index contributed by atoms with van der Waals surface area (Å²) in [6.07, 6.45) is 0.334. The number of carbonyl (C=O) groups excluding carboxylic acids is 1. The first-order chi connectivity index (χ1) is 14.8. The maximum Gasteiger partial charge on any atom is 0.247 e. The van der Waals surface area contributed by atoms with E-state index in [1.807, 2.05) is 19.1 Å². The average molecular weight is 427 g/mol. The Morgan fingerprint density at radius 1 is 1.13 bits per heavy atom. The lowest BCUT2D eigenvalue weighted by Crippen LogP contribution is -2.36. The highest BCUT2D eigenvalue weighted by atomic mass is 19.1. The van der Waals surface area contributed by atoms with E-state index in [9.17, 15) is 9.18 Å². The van der Waals surface area contributed by atoms with Crippen LogP contribution in [0.1, 0.15) is 28.6 Å². The number of ether oxygens (including phenoxy) is 2. The summed E-state index contributed by atoms with van der Waals surface area (Å²) in [4.78, 5) is 15.1. The van der Waals surface area contributed by atoms with E-state index in [4.69, 9.17) is 9.47 Å². The van der Waals surface area contributed by atoms with Crippen molar-refractivity contribution in [3.63, 3.8) is 0 Å². The molecule has 1 atom stereocenters. The number of benzene rings is 2. The molecule has 0 bridgehead atoms. The summed E-state index contributed by atoms with van der Waals surface area (Å²) < 4.78 is 25.6. The molecule has 1 heterocycles. The average Bonchev–Trinajstić information content (AvgIpc) is 3.19. The molecule has 0 radical (unpaired) electrons. The summed E-state index contributed by atoms with van der Waals surface area (Å²) in [6.45, 7) is 4.06. The minimum absolute atomic E-state index is 0.158. The van der Waals surface area contributed by atoms with Crippen LogP contribution in [-0.4, -0.2) is 52.3 Å². The molecule has 2 aromatic carbocycles. The summed E-state index contributed by atoms with van der Waals surface area (Å²) in [6, 6.07) is 9.16. The van der Waals surface area contributed by atoms with E-state index in [0.717, 1.165) is 16.7 Å². The van der Waals surface area contributed by atoms with Gasteiger partial charge in [0.15, 0.2) is 11.5 Å².